The van der Waals surface area contributed by atoms with Crippen LogP contribution < -0.4 is 19.6 Å². The predicted molar refractivity (Wildman–Crippen MR) is 152 cm³/mol. The molecule has 0 saturated carbocycles. The van der Waals surface area contributed by atoms with E-state index in [2.05, 4.69) is 4.99 Å². The molecular formula is C29H22Cl2N2O6S. The smallest absolute Gasteiger partial charge is 0.338 e. The van der Waals surface area contributed by atoms with Gasteiger partial charge < -0.3 is 13.9 Å². The number of rotatable bonds is 6. The normalized spacial score (nSPS) is 15.0. The van der Waals surface area contributed by atoms with Gasteiger partial charge in [0, 0.05) is 23.6 Å². The molecule has 5 rings (SSSR count). The zero-order valence-electron chi connectivity index (χ0n) is 21.6. The average Bonchev–Trinajstić information content (AvgIpc) is 3.47. The van der Waals surface area contributed by atoms with Gasteiger partial charge in [0.2, 0.25) is 0 Å². The van der Waals surface area contributed by atoms with E-state index in [1.165, 1.54) is 22.8 Å². The Hall–Kier alpha value is -3.92. The molecule has 204 valence electrons. The molecule has 2 aromatic carbocycles. The Kier molecular flexibility index (Phi) is 7.80. The van der Waals surface area contributed by atoms with Gasteiger partial charge >= 0.3 is 11.9 Å². The molecule has 40 heavy (non-hydrogen) atoms. The second-order valence-corrected chi connectivity index (χ2v) is 10.6. The number of hydrogen-bond acceptors (Lipinski definition) is 8. The van der Waals surface area contributed by atoms with Gasteiger partial charge in [-0.05, 0) is 61.9 Å². The summed E-state index contributed by atoms with van der Waals surface area (Å²) in [7, 11) is 0. The van der Waals surface area contributed by atoms with Gasteiger partial charge in [0.15, 0.2) is 4.80 Å². The number of halogens is 2. The number of ether oxygens (including phenoxy) is 2. The molecule has 2 aromatic heterocycles. The van der Waals surface area contributed by atoms with Gasteiger partial charge in [-0.15, -0.1) is 0 Å². The molecular weight excluding hydrogens is 575 g/mol. The first-order chi connectivity index (χ1) is 19.2. The lowest BCUT2D eigenvalue weighted by molar-refractivity contribution is -0.139. The maximum atomic E-state index is 13.8. The van der Waals surface area contributed by atoms with Crippen LogP contribution in [0.15, 0.2) is 80.1 Å². The molecule has 0 radical (unpaired) electrons. The van der Waals surface area contributed by atoms with E-state index in [0.29, 0.717) is 53.5 Å². The third-order valence-electron chi connectivity index (χ3n) is 6.07. The topological polar surface area (TPSA) is 100 Å². The average molecular weight is 597 g/mol. The molecule has 0 unspecified atom stereocenters. The van der Waals surface area contributed by atoms with E-state index in [1.807, 2.05) is 0 Å². The monoisotopic (exact) mass is 596 g/mol. The summed E-state index contributed by atoms with van der Waals surface area (Å²) in [5.41, 5.74) is 1.63. The minimum absolute atomic E-state index is 0.163. The van der Waals surface area contributed by atoms with Gasteiger partial charge in [-0.1, -0.05) is 46.7 Å². The van der Waals surface area contributed by atoms with Gasteiger partial charge in [-0.25, -0.2) is 9.79 Å². The Bertz CT molecular complexity index is 1850. The number of furan rings is 1. The summed E-state index contributed by atoms with van der Waals surface area (Å²) in [5.74, 6) is 0.281. The van der Waals surface area contributed by atoms with Crippen molar-refractivity contribution in [3.05, 3.63) is 107 Å². The zero-order chi connectivity index (χ0) is 28.6. The van der Waals surface area contributed by atoms with Crippen molar-refractivity contribution in [2.45, 2.75) is 26.8 Å². The highest BCUT2D eigenvalue weighted by Crippen LogP contribution is 2.33. The Morgan fingerprint density at radius 1 is 1.12 bits per heavy atom. The molecule has 0 saturated heterocycles. The summed E-state index contributed by atoms with van der Waals surface area (Å²) in [4.78, 5) is 43.2. The molecule has 0 bridgehead atoms. The number of fused-ring (bicyclic) bond motifs is 1. The lowest BCUT2D eigenvalue weighted by Crippen LogP contribution is -2.39. The van der Waals surface area contributed by atoms with E-state index < -0.39 is 18.0 Å². The van der Waals surface area contributed by atoms with Crippen LogP contribution in [0.25, 0.3) is 17.4 Å². The first-order valence-corrected chi connectivity index (χ1v) is 13.8. The van der Waals surface area contributed by atoms with Crippen molar-refractivity contribution in [3.63, 3.8) is 0 Å². The summed E-state index contributed by atoms with van der Waals surface area (Å²) in [6.45, 7) is 4.89. The van der Waals surface area contributed by atoms with E-state index in [4.69, 9.17) is 37.1 Å². The molecule has 0 spiro atoms. The second kappa shape index (κ2) is 11.3. The molecule has 3 heterocycles. The van der Waals surface area contributed by atoms with Crippen molar-refractivity contribution in [2.75, 3.05) is 6.61 Å². The molecule has 8 nitrogen and oxygen atoms in total. The molecule has 1 aliphatic heterocycles. The van der Waals surface area contributed by atoms with Gasteiger partial charge in [-0.3, -0.25) is 14.2 Å². The van der Waals surface area contributed by atoms with Crippen LogP contribution in [0.4, 0.5) is 0 Å². The van der Waals surface area contributed by atoms with Crippen LogP contribution in [0.1, 0.15) is 38.1 Å². The second-order valence-electron chi connectivity index (χ2n) is 8.79. The number of hydrogen-bond donors (Lipinski definition) is 0. The molecule has 0 amide bonds. The maximum absolute atomic E-state index is 13.8. The first kappa shape index (κ1) is 27.6. The third kappa shape index (κ3) is 5.40. The minimum Gasteiger partial charge on any atom is -0.463 e. The lowest BCUT2D eigenvalue weighted by Gasteiger charge is -2.24. The minimum atomic E-state index is -0.802. The van der Waals surface area contributed by atoms with Crippen LogP contribution in [-0.2, 0) is 14.3 Å². The highest BCUT2D eigenvalue weighted by Gasteiger charge is 2.33. The SMILES string of the molecule is CCOC(=O)C1=C(C)N=c2sc(=Cc3ccc(-c4ccc(Cl)cc4Cl)o3)c(=O)n2[C@@H]1c1ccc(OC(C)=O)cc1. The standard InChI is InChI=1S/C29H22Cl2N2O6S/c1-4-37-28(36)25-15(2)32-29-33(26(25)17-5-8-19(9-6-17)38-16(3)34)27(35)24(40-29)14-20-10-12-23(39-20)21-11-7-18(30)13-22(21)31/h5-14,26H,4H2,1-3H3/t26-/m1/s1. The predicted octanol–water partition coefficient (Wildman–Crippen LogP) is 5.29. The highest BCUT2D eigenvalue weighted by molar-refractivity contribution is 7.07. The fourth-order valence-electron chi connectivity index (χ4n) is 4.38. The molecule has 0 aliphatic carbocycles. The van der Waals surface area contributed by atoms with Crippen molar-refractivity contribution < 1.29 is 23.5 Å². The van der Waals surface area contributed by atoms with Crippen LogP contribution in [0.5, 0.6) is 5.75 Å². The Morgan fingerprint density at radius 2 is 1.88 bits per heavy atom. The number of thiazole rings is 1. The summed E-state index contributed by atoms with van der Waals surface area (Å²) in [6, 6.07) is 14.4. The number of aromatic nitrogens is 1. The van der Waals surface area contributed by atoms with Crippen LogP contribution >= 0.6 is 34.5 Å². The molecule has 1 aliphatic rings. The van der Waals surface area contributed by atoms with Crippen molar-refractivity contribution in [1.82, 2.24) is 4.57 Å². The number of nitrogens with zero attached hydrogens (tertiary/aromatic N) is 2. The molecule has 0 N–H and O–H groups in total. The fourth-order valence-corrected chi connectivity index (χ4v) is 5.91. The lowest BCUT2D eigenvalue weighted by atomic mass is 9.96. The highest BCUT2D eigenvalue weighted by atomic mass is 35.5. The number of benzene rings is 2. The van der Waals surface area contributed by atoms with E-state index in [1.54, 1.807) is 74.5 Å². The van der Waals surface area contributed by atoms with E-state index in [0.717, 1.165) is 0 Å². The number of esters is 2. The van der Waals surface area contributed by atoms with E-state index in [9.17, 15) is 14.4 Å². The molecule has 4 aromatic rings. The fraction of sp³-hybridized carbons (Fsp3) is 0.172. The maximum Gasteiger partial charge on any atom is 0.338 e. The number of allylic oxidation sites excluding steroid dienone is 1. The number of carbonyl (C=O) groups excluding carboxylic acids is 2. The summed E-state index contributed by atoms with van der Waals surface area (Å²) in [5, 5.41) is 0.948. The molecule has 11 heteroatoms. The van der Waals surface area contributed by atoms with Gasteiger partial charge in [0.1, 0.15) is 17.3 Å². The van der Waals surface area contributed by atoms with E-state index >= 15 is 0 Å². The van der Waals surface area contributed by atoms with Crippen molar-refractivity contribution in [1.29, 1.82) is 0 Å². The van der Waals surface area contributed by atoms with E-state index in [-0.39, 0.29) is 17.7 Å². The van der Waals surface area contributed by atoms with Crippen molar-refractivity contribution >= 4 is 52.6 Å². The van der Waals surface area contributed by atoms with Crippen LogP contribution in [0.3, 0.4) is 0 Å². The van der Waals surface area contributed by atoms with Crippen LogP contribution in [0.2, 0.25) is 10.0 Å². The van der Waals surface area contributed by atoms with Crippen LogP contribution in [-0.4, -0.2) is 23.1 Å². The Morgan fingerprint density at radius 3 is 2.55 bits per heavy atom. The van der Waals surface area contributed by atoms with Gasteiger partial charge in [-0.2, -0.15) is 0 Å². The Labute approximate surface area is 242 Å². The zero-order valence-corrected chi connectivity index (χ0v) is 23.9. The van der Waals surface area contributed by atoms with Gasteiger partial charge in [0.05, 0.1) is 33.5 Å². The third-order valence-corrected chi connectivity index (χ3v) is 7.60. The van der Waals surface area contributed by atoms with Crippen LogP contribution in [0, 0.1) is 0 Å². The molecule has 1 atom stereocenters. The summed E-state index contributed by atoms with van der Waals surface area (Å²) < 4.78 is 18.3. The Balaban J connectivity index is 1.61. The van der Waals surface area contributed by atoms with Crippen molar-refractivity contribution in [3.8, 4) is 17.1 Å². The van der Waals surface area contributed by atoms with Crippen molar-refractivity contribution in [2.24, 2.45) is 4.99 Å². The summed E-state index contributed by atoms with van der Waals surface area (Å²) >= 11 is 13.5. The summed E-state index contributed by atoms with van der Waals surface area (Å²) in [6.07, 6.45) is 1.63. The number of carbonyl (C=O) groups is 2. The van der Waals surface area contributed by atoms with Gasteiger partial charge in [0.25, 0.3) is 5.56 Å². The largest absolute Gasteiger partial charge is 0.463 e. The first-order valence-electron chi connectivity index (χ1n) is 12.2. The molecule has 0 fully saturated rings. The quantitative estimate of drug-likeness (QED) is 0.221.